The van der Waals surface area contributed by atoms with Crippen LogP contribution in [0.1, 0.15) is 25.3 Å². The fourth-order valence-electron chi connectivity index (χ4n) is 4.83. The maximum Gasteiger partial charge on any atom is 0.316 e. The van der Waals surface area contributed by atoms with E-state index in [2.05, 4.69) is 16.9 Å². The predicted molar refractivity (Wildman–Crippen MR) is 150 cm³/mol. The van der Waals surface area contributed by atoms with E-state index in [0.717, 1.165) is 12.8 Å². The molecule has 1 saturated heterocycles. The highest BCUT2D eigenvalue weighted by Crippen LogP contribution is 2.45. The van der Waals surface area contributed by atoms with Crippen LogP contribution < -0.4 is 30.4 Å². The number of nitrogens with zero attached hydrogens (tertiary/aromatic N) is 4. The molecule has 0 spiro atoms. The minimum atomic E-state index is -1.30. The van der Waals surface area contributed by atoms with Gasteiger partial charge in [-0.05, 0) is 37.1 Å². The number of aromatic nitrogens is 2. The first-order chi connectivity index (χ1) is 18.9. The quantitative estimate of drug-likeness (QED) is 0.333. The van der Waals surface area contributed by atoms with Crippen molar-refractivity contribution in [1.29, 1.82) is 0 Å². The molecule has 3 aromatic rings. The molecule has 39 heavy (non-hydrogen) atoms. The third kappa shape index (κ3) is 5.39. The standard InChI is InChI=1S/C28H33N5O5S/c1-28(9-10-28)19-38-26-23(17-30-33(27(26)34)20-5-3-2-4-6-20)31-11-13-32(14-12-31)39(35)18-21-22(29)7-8-24-25(21)37-16-15-36-24/h2-8,17H,9-16,18-19,29H2,1H3. The molecular formula is C28H33N5O5S. The molecule has 1 aromatic heterocycles. The normalized spacial score (nSPS) is 19.0. The summed E-state index contributed by atoms with van der Waals surface area (Å²) < 4.78 is 34.4. The summed E-state index contributed by atoms with van der Waals surface area (Å²) in [6.07, 6.45) is 3.90. The maximum atomic E-state index is 13.6. The molecule has 2 aromatic carbocycles. The number of nitrogen functional groups attached to an aromatic ring is 1. The summed E-state index contributed by atoms with van der Waals surface area (Å²) in [5, 5.41) is 4.47. The lowest BCUT2D eigenvalue weighted by molar-refractivity contribution is 0.170. The van der Waals surface area contributed by atoms with Crippen molar-refractivity contribution in [3.8, 4) is 22.9 Å². The molecule has 0 bridgehead atoms. The highest BCUT2D eigenvalue weighted by Gasteiger charge is 2.39. The molecule has 10 nitrogen and oxygen atoms in total. The van der Waals surface area contributed by atoms with Gasteiger partial charge >= 0.3 is 5.56 Å². The minimum absolute atomic E-state index is 0.118. The first-order valence-corrected chi connectivity index (χ1v) is 14.6. The number of piperazine rings is 1. The number of anilines is 2. The summed E-state index contributed by atoms with van der Waals surface area (Å²) >= 11 is -1.30. The van der Waals surface area contributed by atoms with Gasteiger partial charge in [0.05, 0.1) is 37.1 Å². The van der Waals surface area contributed by atoms with Crippen LogP contribution in [0.25, 0.3) is 5.69 Å². The lowest BCUT2D eigenvalue weighted by Crippen LogP contribution is -2.49. The minimum Gasteiger partial charge on any atom is -0.598 e. The summed E-state index contributed by atoms with van der Waals surface area (Å²) in [5.41, 5.74) is 8.68. The van der Waals surface area contributed by atoms with Crippen LogP contribution in [0.15, 0.2) is 53.5 Å². The van der Waals surface area contributed by atoms with Crippen molar-refractivity contribution in [2.24, 2.45) is 5.41 Å². The second-order valence-corrected chi connectivity index (χ2v) is 12.0. The SMILES string of the molecule is CC1(COc2c(N3CCN([S+]([O-])Cc4c(N)ccc5c4OCCO5)CC3)cnn(-c3ccccc3)c2=O)CC1. The molecule has 1 aliphatic carbocycles. The Kier molecular flexibility index (Phi) is 7.05. The molecule has 2 fully saturated rings. The van der Waals surface area contributed by atoms with E-state index in [9.17, 15) is 9.35 Å². The zero-order valence-electron chi connectivity index (χ0n) is 22.0. The average molecular weight is 552 g/mol. The van der Waals surface area contributed by atoms with Crippen molar-refractivity contribution < 1.29 is 18.8 Å². The van der Waals surface area contributed by atoms with Crippen molar-refractivity contribution in [3.05, 3.63) is 64.6 Å². The van der Waals surface area contributed by atoms with E-state index in [4.69, 9.17) is 19.9 Å². The second-order valence-electron chi connectivity index (χ2n) is 10.6. The first-order valence-electron chi connectivity index (χ1n) is 13.3. The van der Waals surface area contributed by atoms with Gasteiger partial charge in [0.2, 0.25) is 5.75 Å². The van der Waals surface area contributed by atoms with Crippen molar-refractivity contribution in [2.75, 3.05) is 56.6 Å². The molecule has 3 aliphatic rings. The van der Waals surface area contributed by atoms with Crippen LogP contribution in [0.3, 0.4) is 0 Å². The Bertz CT molecular complexity index is 1390. The average Bonchev–Trinajstić information content (AvgIpc) is 3.71. The highest BCUT2D eigenvalue weighted by molar-refractivity contribution is 7.88. The Balaban J connectivity index is 1.18. The molecule has 2 aliphatic heterocycles. The van der Waals surface area contributed by atoms with Gasteiger partial charge in [0.15, 0.2) is 17.3 Å². The van der Waals surface area contributed by atoms with E-state index >= 15 is 0 Å². The van der Waals surface area contributed by atoms with E-state index in [1.54, 1.807) is 18.3 Å². The van der Waals surface area contributed by atoms with Crippen LogP contribution in [0, 0.1) is 5.41 Å². The molecule has 1 saturated carbocycles. The fraction of sp³-hybridized carbons (Fsp3) is 0.429. The van der Waals surface area contributed by atoms with Gasteiger partial charge in [-0.1, -0.05) is 25.1 Å². The zero-order valence-corrected chi connectivity index (χ0v) is 22.8. The Morgan fingerprint density at radius 1 is 1.08 bits per heavy atom. The van der Waals surface area contributed by atoms with Crippen LogP contribution in [-0.2, 0) is 17.1 Å². The van der Waals surface area contributed by atoms with Crippen molar-refractivity contribution in [3.63, 3.8) is 0 Å². The van der Waals surface area contributed by atoms with Gasteiger partial charge in [0.25, 0.3) is 0 Å². The smallest absolute Gasteiger partial charge is 0.316 e. The van der Waals surface area contributed by atoms with Crippen molar-refractivity contribution >= 4 is 22.7 Å². The third-order valence-electron chi connectivity index (χ3n) is 7.57. The predicted octanol–water partition coefficient (Wildman–Crippen LogP) is 2.75. The summed E-state index contributed by atoms with van der Waals surface area (Å²) in [5.74, 6) is 1.79. The fourth-order valence-corrected chi connectivity index (χ4v) is 6.13. The maximum absolute atomic E-state index is 13.6. The van der Waals surface area contributed by atoms with Crippen LogP contribution in [0.4, 0.5) is 11.4 Å². The van der Waals surface area contributed by atoms with Crippen LogP contribution >= 0.6 is 0 Å². The molecular weight excluding hydrogens is 518 g/mol. The number of nitrogens with two attached hydrogens (primary N) is 1. The number of fused-ring (bicyclic) bond motifs is 1. The lowest BCUT2D eigenvalue weighted by Gasteiger charge is -2.36. The molecule has 1 unspecified atom stereocenters. The Morgan fingerprint density at radius 3 is 2.56 bits per heavy atom. The zero-order chi connectivity index (χ0) is 27.0. The third-order valence-corrected chi connectivity index (χ3v) is 9.04. The molecule has 2 N–H and O–H groups in total. The number of para-hydroxylation sites is 1. The molecule has 11 heteroatoms. The largest absolute Gasteiger partial charge is 0.598 e. The molecule has 0 radical (unpaired) electrons. The van der Waals surface area contributed by atoms with E-state index in [0.29, 0.717) is 85.9 Å². The number of ether oxygens (including phenoxy) is 3. The molecule has 206 valence electrons. The van der Waals surface area contributed by atoms with Crippen molar-refractivity contribution in [2.45, 2.75) is 25.5 Å². The van der Waals surface area contributed by atoms with Crippen LogP contribution in [0.5, 0.6) is 17.2 Å². The molecule has 6 rings (SSSR count). The number of benzene rings is 2. The van der Waals surface area contributed by atoms with E-state index < -0.39 is 11.4 Å². The number of hydrogen-bond acceptors (Lipinski definition) is 9. The second kappa shape index (κ2) is 10.6. The summed E-state index contributed by atoms with van der Waals surface area (Å²) in [7, 11) is 0. The number of hydrogen-bond donors (Lipinski definition) is 1. The van der Waals surface area contributed by atoms with Gasteiger partial charge in [-0.15, -0.1) is 4.31 Å². The Labute approximate surface area is 230 Å². The van der Waals surface area contributed by atoms with Crippen LogP contribution in [0.2, 0.25) is 0 Å². The summed E-state index contributed by atoms with van der Waals surface area (Å²) in [4.78, 5) is 15.6. The molecule has 3 heterocycles. The molecule has 0 amide bonds. The molecule has 1 atom stereocenters. The Morgan fingerprint density at radius 2 is 1.82 bits per heavy atom. The van der Waals surface area contributed by atoms with E-state index in [-0.39, 0.29) is 16.7 Å². The van der Waals surface area contributed by atoms with Gasteiger partial charge in [0, 0.05) is 35.6 Å². The van der Waals surface area contributed by atoms with E-state index in [1.807, 2.05) is 34.6 Å². The van der Waals surface area contributed by atoms with Gasteiger partial charge in [-0.2, -0.15) is 9.78 Å². The number of rotatable bonds is 8. The van der Waals surface area contributed by atoms with Gasteiger partial charge in [-0.25, -0.2) is 0 Å². The highest BCUT2D eigenvalue weighted by atomic mass is 32.2. The summed E-state index contributed by atoms with van der Waals surface area (Å²) in [6, 6.07) is 12.9. The monoisotopic (exact) mass is 551 g/mol. The van der Waals surface area contributed by atoms with Gasteiger partial charge in [-0.3, -0.25) is 4.79 Å². The first kappa shape index (κ1) is 25.8. The van der Waals surface area contributed by atoms with Crippen molar-refractivity contribution in [1.82, 2.24) is 14.1 Å². The van der Waals surface area contributed by atoms with Gasteiger partial charge in [0.1, 0.15) is 18.9 Å². The topological polar surface area (TPSA) is 118 Å². The van der Waals surface area contributed by atoms with E-state index in [1.165, 1.54) is 4.68 Å². The van der Waals surface area contributed by atoms with Crippen LogP contribution in [-0.4, -0.2) is 64.6 Å². The van der Waals surface area contributed by atoms with Gasteiger partial charge < -0.3 is 29.4 Å². The summed E-state index contributed by atoms with van der Waals surface area (Å²) in [6.45, 7) is 5.86. The Hall–Kier alpha value is -3.41. The lowest BCUT2D eigenvalue weighted by atomic mass is 10.1.